The molecule has 1 aromatic carbocycles. The molecule has 0 radical (unpaired) electrons. The topological polar surface area (TPSA) is 42.2 Å². The van der Waals surface area contributed by atoms with E-state index in [4.69, 9.17) is 4.42 Å². The smallest absolute Gasteiger partial charge is 0.199 e. The average Bonchev–Trinajstić information content (AvgIpc) is 3.27. The predicted octanol–water partition coefficient (Wildman–Crippen LogP) is 3.79. The molecule has 1 unspecified atom stereocenters. The minimum absolute atomic E-state index is 0.224. The molecule has 0 saturated carbocycles. The molecule has 0 spiro atoms. The van der Waals surface area contributed by atoms with Crippen molar-refractivity contribution in [2.24, 2.45) is 0 Å². The van der Waals surface area contributed by atoms with E-state index in [1.807, 2.05) is 24.4 Å². The van der Waals surface area contributed by atoms with Crippen LogP contribution in [0.3, 0.4) is 0 Å². The normalized spacial score (nSPS) is 17.4. The number of nitrogens with zero attached hydrogens (tertiary/aromatic N) is 3. The molecule has 1 atom stereocenters. The Bertz CT molecular complexity index is 801. The van der Waals surface area contributed by atoms with Crippen molar-refractivity contribution in [1.29, 1.82) is 0 Å². The molecule has 24 heavy (non-hydrogen) atoms. The van der Waals surface area contributed by atoms with E-state index in [-0.39, 0.29) is 11.7 Å². The number of hydrogen-bond acceptors (Lipinski definition) is 4. The van der Waals surface area contributed by atoms with E-state index in [0.717, 1.165) is 42.5 Å². The third kappa shape index (κ3) is 3.15. The molecule has 0 bridgehead atoms. The summed E-state index contributed by atoms with van der Waals surface area (Å²) in [4.78, 5) is 11.1. The average molecular weight is 323 g/mol. The summed E-state index contributed by atoms with van der Waals surface area (Å²) >= 11 is 0. The fourth-order valence-electron chi connectivity index (χ4n) is 3.11. The Morgan fingerprint density at radius 3 is 2.79 bits per heavy atom. The van der Waals surface area contributed by atoms with Crippen LogP contribution in [0.1, 0.15) is 29.6 Å². The lowest BCUT2D eigenvalue weighted by Crippen LogP contribution is -2.20. The Balaban J connectivity index is 1.43. The Morgan fingerprint density at radius 1 is 1.12 bits per heavy atom. The van der Waals surface area contributed by atoms with Gasteiger partial charge in [0.25, 0.3) is 0 Å². The SMILES string of the molecule is Fc1ccc(Cc2cnc(C3CCN(c4ccccn4)C3)o2)cc1. The van der Waals surface area contributed by atoms with E-state index in [1.165, 1.54) is 12.1 Å². The first-order chi connectivity index (χ1) is 11.8. The van der Waals surface area contributed by atoms with Crippen molar-refractivity contribution >= 4 is 5.82 Å². The highest BCUT2D eigenvalue weighted by Crippen LogP contribution is 2.29. The van der Waals surface area contributed by atoms with Crippen molar-refractivity contribution < 1.29 is 8.81 Å². The lowest BCUT2D eigenvalue weighted by molar-refractivity contribution is 0.433. The summed E-state index contributed by atoms with van der Waals surface area (Å²) in [5.74, 6) is 2.66. The van der Waals surface area contributed by atoms with Gasteiger partial charge in [0, 0.05) is 25.7 Å². The van der Waals surface area contributed by atoms with Crippen molar-refractivity contribution in [2.75, 3.05) is 18.0 Å². The Hall–Kier alpha value is -2.69. The van der Waals surface area contributed by atoms with Gasteiger partial charge in [-0.15, -0.1) is 0 Å². The molecule has 1 fully saturated rings. The van der Waals surface area contributed by atoms with Crippen LogP contribution in [-0.4, -0.2) is 23.1 Å². The van der Waals surface area contributed by atoms with Crippen LogP contribution in [0.25, 0.3) is 0 Å². The van der Waals surface area contributed by atoms with Crippen LogP contribution >= 0.6 is 0 Å². The maximum Gasteiger partial charge on any atom is 0.199 e. The van der Waals surface area contributed by atoms with Gasteiger partial charge in [-0.1, -0.05) is 18.2 Å². The third-order valence-electron chi connectivity index (χ3n) is 4.37. The number of halogens is 1. The first-order valence-electron chi connectivity index (χ1n) is 8.13. The molecular formula is C19H18FN3O. The molecule has 5 heteroatoms. The summed E-state index contributed by atoms with van der Waals surface area (Å²) in [6.45, 7) is 1.82. The van der Waals surface area contributed by atoms with Crippen molar-refractivity contribution in [2.45, 2.75) is 18.8 Å². The van der Waals surface area contributed by atoms with E-state index >= 15 is 0 Å². The Labute approximate surface area is 140 Å². The fourth-order valence-corrected chi connectivity index (χ4v) is 3.11. The molecule has 3 heterocycles. The van der Waals surface area contributed by atoms with Gasteiger partial charge in [0.05, 0.1) is 12.1 Å². The van der Waals surface area contributed by atoms with Gasteiger partial charge in [0.2, 0.25) is 0 Å². The molecule has 0 aliphatic carbocycles. The van der Waals surface area contributed by atoms with Gasteiger partial charge in [-0.05, 0) is 36.2 Å². The molecular weight excluding hydrogens is 305 g/mol. The van der Waals surface area contributed by atoms with Gasteiger partial charge < -0.3 is 9.32 Å². The van der Waals surface area contributed by atoms with Crippen LogP contribution in [0.2, 0.25) is 0 Å². The van der Waals surface area contributed by atoms with E-state index in [1.54, 1.807) is 18.3 Å². The molecule has 4 rings (SSSR count). The van der Waals surface area contributed by atoms with Crippen molar-refractivity contribution in [1.82, 2.24) is 9.97 Å². The minimum Gasteiger partial charge on any atom is -0.445 e. The number of oxazole rings is 1. The maximum atomic E-state index is 13.0. The number of benzene rings is 1. The van der Waals surface area contributed by atoms with Crippen LogP contribution in [0.4, 0.5) is 10.2 Å². The van der Waals surface area contributed by atoms with Gasteiger partial charge in [-0.2, -0.15) is 0 Å². The van der Waals surface area contributed by atoms with Gasteiger partial charge in [-0.25, -0.2) is 14.4 Å². The third-order valence-corrected chi connectivity index (χ3v) is 4.37. The molecule has 1 aliphatic rings. The molecule has 122 valence electrons. The second kappa shape index (κ2) is 6.43. The van der Waals surface area contributed by atoms with E-state index in [9.17, 15) is 4.39 Å². The van der Waals surface area contributed by atoms with E-state index in [0.29, 0.717) is 6.42 Å². The molecule has 0 amide bonds. The first kappa shape index (κ1) is 14.9. The number of aromatic nitrogens is 2. The zero-order valence-electron chi connectivity index (χ0n) is 13.2. The summed E-state index contributed by atoms with van der Waals surface area (Å²) in [7, 11) is 0. The Morgan fingerprint density at radius 2 is 2.00 bits per heavy atom. The summed E-state index contributed by atoms with van der Waals surface area (Å²) in [5, 5.41) is 0. The maximum absolute atomic E-state index is 13.0. The molecule has 4 nitrogen and oxygen atoms in total. The van der Waals surface area contributed by atoms with Crippen LogP contribution in [0.15, 0.2) is 59.3 Å². The van der Waals surface area contributed by atoms with E-state index < -0.39 is 0 Å². The molecule has 3 aromatic rings. The summed E-state index contributed by atoms with van der Waals surface area (Å²) in [6.07, 6.45) is 5.23. The monoisotopic (exact) mass is 323 g/mol. The number of pyridine rings is 1. The van der Waals surface area contributed by atoms with Crippen LogP contribution < -0.4 is 4.90 Å². The van der Waals surface area contributed by atoms with Gasteiger partial charge >= 0.3 is 0 Å². The van der Waals surface area contributed by atoms with Crippen molar-refractivity contribution in [3.05, 3.63) is 77.9 Å². The molecule has 1 aliphatic heterocycles. The van der Waals surface area contributed by atoms with Crippen LogP contribution in [0, 0.1) is 5.82 Å². The summed E-state index contributed by atoms with van der Waals surface area (Å²) in [6, 6.07) is 12.4. The lowest BCUT2D eigenvalue weighted by atomic mass is 10.1. The highest BCUT2D eigenvalue weighted by Gasteiger charge is 2.28. The number of hydrogen-bond donors (Lipinski definition) is 0. The standard InChI is InChI=1S/C19H18FN3O/c20-16-6-4-14(5-7-16)11-17-12-22-19(24-17)15-8-10-23(13-15)18-3-1-2-9-21-18/h1-7,9,12,15H,8,10-11,13H2. The second-order valence-electron chi connectivity index (χ2n) is 6.09. The largest absolute Gasteiger partial charge is 0.445 e. The molecule has 0 N–H and O–H groups in total. The van der Waals surface area contributed by atoms with Crippen LogP contribution in [-0.2, 0) is 6.42 Å². The second-order valence-corrected chi connectivity index (χ2v) is 6.09. The first-order valence-corrected chi connectivity index (χ1v) is 8.13. The summed E-state index contributed by atoms with van der Waals surface area (Å²) < 4.78 is 18.9. The molecule has 2 aromatic heterocycles. The zero-order valence-corrected chi connectivity index (χ0v) is 13.2. The van der Waals surface area contributed by atoms with Crippen LogP contribution in [0.5, 0.6) is 0 Å². The predicted molar refractivity (Wildman–Crippen MR) is 89.5 cm³/mol. The quantitative estimate of drug-likeness (QED) is 0.732. The highest BCUT2D eigenvalue weighted by molar-refractivity contribution is 5.40. The van der Waals surface area contributed by atoms with E-state index in [2.05, 4.69) is 14.9 Å². The van der Waals surface area contributed by atoms with Crippen molar-refractivity contribution in [3.8, 4) is 0 Å². The highest BCUT2D eigenvalue weighted by atomic mass is 19.1. The fraction of sp³-hybridized carbons (Fsp3) is 0.263. The van der Waals surface area contributed by atoms with Gasteiger partial charge in [-0.3, -0.25) is 0 Å². The minimum atomic E-state index is -0.224. The zero-order chi connectivity index (χ0) is 16.4. The lowest BCUT2D eigenvalue weighted by Gasteiger charge is -2.16. The summed E-state index contributed by atoms with van der Waals surface area (Å²) in [5.41, 5.74) is 1.01. The number of rotatable bonds is 4. The van der Waals surface area contributed by atoms with Gasteiger partial charge in [0.1, 0.15) is 17.4 Å². The molecule has 1 saturated heterocycles. The number of anilines is 1. The van der Waals surface area contributed by atoms with Crippen molar-refractivity contribution in [3.63, 3.8) is 0 Å². The van der Waals surface area contributed by atoms with Gasteiger partial charge in [0.15, 0.2) is 5.89 Å². The Kier molecular flexibility index (Phi) is 3.99.